The number of carboxylic acids is 1. The average Bonchev–Trinajstić information content (AvgIpc) is 2.37. The molecular weight excluding hydrogens is 270 g/mol. The molecule has 0 spiro atoms. The van der Waals surface area contributed by atoms with E-state index < -0.39 is 5.97 Å². The van der Waals surface area contributed by atoms with E-state index in [0.717, 1.165) is 0 Å². The van der Waals surface area contributed by atoms with Gasteiger partial charge in [0.2, 0.25) is 0 Å². The zero-order chi connectivity index (χ0) is 16.2. The molecule has 0 bridgehead atoms. The van der Waals surface area contributed by atoms with E-state index in [1.165, 1.54) is 0 Å². The Hall–Kier alpha value is -2.24. The highest BCUT2D eigenvalue weighted by molar-refractivity contribution is 5.96. The summed E-state index contributed by atoms with van der Waals surface area (Å²) in [5.41, 5.74) is 7.21. The summed E-state index contributed by atoms with van der Waals surface area (Å²) in [6, 6.07) is 4.64. The van der Waals surface area contributed by atoms with Gasteiger partial charge in [-0.15, -0.1) is 0 Å². The number of hydrogen-bond donors (Lipinski definition) is 4. The summed E-state index contributed by atoms with van der Waals surface area (Å²) in [6.45, 7) is 5.88. The van der Waals surface area contributed by atoms with Crippen molar-refractivity contribution in [2.75, 3.05) is 18.1 Å². The Morgan fingerprint density at radius 1 is 1.33 bits per heavy atom. The van der Waals surface area contributed by atoms with E-state index in [1.807, 2.05) is 20.8 Å². The van der Waals surface area contributed by atoms with Crippen LogP contribution in [0.25, 0.3) is 0 Å². The molecule has 116 valence electrons. The van der Waals surface area contributed by atoms with Gasteiger partial charge in [0.1, 0.15) is 0 Å². The van der Waals surface area contributed by atoms with Gasteiger partial charge < -0.3 is 21.5 Å². The Balaban J connectivity index is 2.99. The molecule has 0 aliphatic carbocycles. The van der Waals surface area contributed by atoms with E-state index in [-0.39, 0.29) is 23.8 Å². The maximum absolute atomic E-state index is 11.5. The van der Waals surface area contributed by atoms with Crippen molar-refractivity contribution in [2.45, 2.75) is 33.2 Å². The summed E-state index contributed by atoms with van der Waals surface area (Å²) in [6.07, 6.45) is -0.0138. The van der Waals surface area contributed by atoms with Gasteiger partial charge in [-0.3, -0.25) is 9.59 Å². The van der Waals surface area contributed by atoms with E-state index in [2.05, 4.69) is 10.6 Å². The molecule has 1 aromatic rings. The molecular formula is C15H23N3O3. The van der Waals surface area contributed by atoms with Crippen LogP contribution < -0.4 is 16.4 Å². The Labute approximate surface area is 124 Å². The molecule has 0 fully saturated rings. The number of aliphatic carboxylic acids is 1. The van der Waals surface area contributed by atoms with Crippen LogP contribution in [0.3, 0.4) is 0 Å². The fourth-order valence-electron chi connectivity index (χ4n) is 1.92. The van der Waals surface area contributed by atoms with Crippen LogP contribution in [-0.2, 0) is 4.79 Å². The highest BCUT2D eigenvalue weighted by Gasteiger charge is 2.27. The second kappa shape index (κ2) is 6.47. The summed E-state index contributed by atoms with van der Waals surface area (Å²) in [5.74, 6) is -1.09. The largest absolute Gasteiger partial charge is 0.481 e. The van der Waals surface area contributed by atoms with Crippen molar-refractivity contribution < 1.29 is 14.7 Å². The summed E-state index contributed by atoms with van der Waals surface area (Å²) < 4.78 is 0. The predicted octanol–water partition coefficient (Wildman–Crippen LogP) is 1.93. The molecule has 1 atom stereocenters. The van der Waals surface area contributed by atoms with Crippen molar-refractivity contribution in [1.82, 2.24) is 5.32 Å². The van der Waals surface area contributed by atoms with Crippen molar-refractivity contribution in [2.24, 2.45) is 5.41 Å². The number of carbonyl (C=O) groups excluding carboxylic acids is 1. The van der Waals surface area contributed by atoms with Crippen LogP contribution >= 0.6 is 0 Å². The van der Waals surface area contributed by atoms with E-state index in [1.54, 1.807) is 25.2 Å². The number of carbonyl (C=O) groups is 2. The van der Waals surface area contributed by atoms with Crippen LogP contribution in [0.15, 0.2) is 18.2 Å². The molecule has 0 saturated carbocycles. The van der Waals surface area contributed by atoms with Crippen molar-refractivity contribution in [3.8, 4) is 0 Å². The van der Waals surface area contributed by atoms with Crippen LogP contribution in [0.4, 0.5) is 11.4 Å². The van der Waals surface area contributed by atoms with Gasteiger partial charge in [-0.25, -0.2) is 0 Å². The van der Waals surface area contributed by atoms with Gasteiger partial charge in [-0.2, -0.15) is 0 Å². The van der Waals surface area contributed by atoms with E-state index in [4.69, 9.17) is 10.8 Å². The predicted molar refractivity (Wildman–Crippen MR) is 83.4 cm³/mol. The number of anilines is 2. The Morgan fingerprint density at radius 3 is 2.38 bits per heavy atom. The molecule has 1 rings (SSSR count). The number of benzene rings is 1. The lowest BCUT2D eigenvalue weighted by atomic mass is 9.84. The van der Waals surface area contributed by atoms with Gasteiger partial charge in [0.15, 0.2) is 0 Å². The Morgan fingerprint density at radius 2 is 1.95 bits per heavy atom. The van der Waals surface area contributed by atoms with E-state index in [0.29, 0.717) is 16.9 Å². The minimum absolute atomic E-state index is 0.0138. The molecule has 0 aliphatic heterocycles. The highest BCUT2D eigenvalue weighted by atomic mass is 16.4. The van der Waals surface area contributed by atoms with E-state index >= 15 is 0 Å². The molecule has 0 heterocycles. The molecule has 5 N–H and O–H groups in total. The van der Waals surface area contributed by atoms with Gasteiger partial charge in [-0.1, -0.05) is 20.8 Å². The standard InChI is InChI=1S/C15H23N3O3/c1-15(2,3)12(8-13(19)20)18-11-6-5-9(7-10(11)16)14(21)17-4/h5-7,12,18H,8,16H2,1-4H3,(H,17,21)(H,19,20). The van der Waals surface area contributed by atoms with Crippen LogP contribution in [-0.4, -0.2) is 30.1 Å². The second-order valence-corrected chi connectivity index (χ2v) is 6.04. The molecule has 0 aliphatic rings. The van der Waals surface area contributed by atoms with Crippen molar-refractivity contribution in [1.29, 1.82) is 0 Å². The molecule has 0 saturated heterocycles. The first-order chi connectivity index (χ1) is 9.65. The number of nitrogens with one attached hydrogen (secondary N) is 2. The lowest BCUT2D eigenvalue weighted by molar-refractivity contribution is -0.137. The maximum Gasteiger partial charge on any atom is 0.305 e. The molecule has 1 aromatic carbocycles. The number of amides is 1. The van der Waals surface area contributed by atoms with Crippen LogP contribution in [0.5, 0.6) is 0 Å². The number of nitrogens with two attached hydrogens (primary N) is 1. The number of carboxylic acid groups (broad SMARTS) is 1. The molecule has 0 aromatic heterocycles. The van der Waals surface area contributed by atoms with Crippen LogP contribution in [0.1, 0.15) is 37.6 Å². The number of rotatable bonds is 5. The van der Waals surface area contributed by atoms with Gasteiger partial charge >= 0.3 is 5.97 Å². The highest BCUT2D eigenvalue weighted by Crippen LogP contribution is 2.28. The van der Waals surface area contributed by atoms with Crippen molar-refractivity contribution >= 4 is 23.3 Å². The molecule has 1 amide bonds. The topological polar surface area (TPSA) is 104 Å². The Bertz CT molecular complexity index is 535. The first kappa shape index (κ1) is 16.8. The fourth-order valence-corrected chi connectivity index (χ4v) is 1.92. The minimum atomic E-state index is -0.872. The van der Waals surface area contributed by atoms with E-state index in [9.17, 15) is 9.59 Å². The molecule has 1 unspecified atom stereocenters. The quantitative estimate of drug-likeness (QED) is 0.621. The lowest BCUT2D eigenvalue weighted by Crippen LogP contribution is -2.36. The monoisotopic (exact) mass is 293 g/mol. The summed E-state index contributed by atoms with van der Waals surface area (Å²) in [5, 5.41) is 14.7. The average molecular weight is 293 g/mol. The molecule has 6 heteroatoms. The third kappa shape index (κ3) is 4.66. The molecule has 6 nitrogen and oxygen atoms in total. The molecule has 21 heavy (non-hydrogen) atoms. The van der Waals surface area contributed by atoms with Gasteiger partial charge in [-0.05, 0) is 23.6 Å². The summed E-state index contributed by atoms with van der Waals surface area (Å²) >= 11 is 0. The first-order valence-electron chi connectivity index (χ1n) is 6.75. The van der Waals surface area contributed by atoms with Crippen molar-refractivity contribution in [3.05, 3.63) is 23.8 Å². The Kier molecular flexibility index (Phi) is 5.18. The normalized spacial score (nSPS) is 12.6. The second-order valence-electron chi connectivity index (χ2n) is 6.04. The SMILES string of the molecule is CNC(=O)c1ccc(NC(CC(=O)O)C(C)(C)C)c(N)c1. The minimum Gasteiger partial charge on any atom is -0.481 e. The van der Waals surface area contributed by atoms with Crippen LogP contribution in [0, 0.1) is 5.41 Å². The first-order valence-corrected chi connectivity index (χ1v) is 6.75. The summed E-state index contributed by atoms with van der Waals surface area (Å²) in [7, 11) is 1.55. The van der Waals surface area contributed by atoms with Gasteiger partial charge in [0.25, 0.3) is 5.91 Å². The van der Waals surface area contributed by atoms with Gasteiger partial charge in [0, 0.05) is 18.7 Å². The van der Waals surface area contributed by atoms with Gasteiger partial charge in [0.05, 0.1) is 17.8 Å². The smallest absolute Gasteiger partial charge is 0.305 e. The number of hydrogen-bond acceptors (Lipinski definition) is 4. The van der Waals surface area contributed by atoms with Crippen molar-refractivity contribution in [3.63, 3.8) is 0 Å². The molecule has 0 radical (unpaired) electrons. The van der Waals surface area contributed by atoms with Crippen LogP contribution in [0.2, 0.25) is 0 Å². The maximum atomic E-state index is 11.5. The lowest BCUT2D eigenvalue weighted by Gasteiger charge is -2.31. The summed E-state index contributed by atoms with van der Waals surface area (Å²) in [4.78, 5) is 22.5. The third-order valence-electron chi connectivity index (χ3n) is 3.29. The number of nitrogen functional groups attached to an aromatic ring is 1. The fraction of sp³-hybridized carbons (Fsp3) is 0.467. The zero-order valence-corrected chi connectivity index (χ0v) is 12.9. The zero-order valence-electron chi connectivity index (χ0n) is 12.9. The third-order valence-corrected chi connectivity index (χ3v) is 3.29.